The molecule has 2 atom stereocenters. The maximum Gasteiger partial charge on any atom is 0.0803 e. The SMILES string of the molecule is CCCNC(Cc1cccnc1)C(C)(CC)OC. The lowest BCUT2D eigenvalue weighted by Crippen LogP contribution is -2.51. The Hall–Kier alpha value is -0.930. The number of pyridine rings is 1. The van der Waals surface area contributed by atoms with E-state index >= 15 is 0 Å². The van der Waals surface area contributed by atoms with Crippen molar-refractivity contribution < 1.29 is 4.74 Å². The topological polar surface area (TPSA) is 34.2 Å². The van der Waals surface area contributed by atoms with Crippen molar-refractivity contribution in [3.05, 3.63) is 30.1 Å². The average molecular weight is 250 g/mol. The fourth-order valence-corrected chi connectivity index (χ4v) is 2.11. The minimum atomic E-state index is -0.134. The molecule has 1 aromatic heterocycles. The van der Waals surface area contributed by atoms with Crippen molar-refractivity contribution in [3.8, 4) is 0 Å². The van der Waals surface area contributed by atoms with Crippen LogP contribution in [-0.4, -0.2) is 30.3 Å². The van der Waals surface area contributed by atoms with E-state index in [-0.39, 0.29) is 5.60 Å². The molecule has 0 amide bonds. The van der Waals surface area contributed by atoms with Gasteiger partial charge in [-0.15, -0.1) is 0 Å². The summed E-state index contributed by atoms with van der Waals surface area (Å²) in [7, 11) is 1.80. The molecule has 0 fully saturated rings. The molecule has 0 aromatic carbocycles. The van der Waals surface area contributed by atoms with Gasteiger partial charge in [0.15, 0.2) is 0 Å². The number of nitrogens with one attached hydrogen (secondary N) is 1. The fourth-order valence-electron chi connectivity index (χ4n) is 2.11. The van der Waals surface area contributed by atoms with Gasteiger partial charge in [-0.05, 0) is 44.4 Å². The van der Waals surface area contributed by atoms with E-state index < -0.39 is 0 Å². The van der Waals surface area contributed by atoms with Crippen LogP contribution in [0.4, 0.5) is 0 Å². The first kappa shape index (κ1) is 15.1. The summed E-state index contributed by atoms with van der Waals surface area (Å²) >= 11 is 0. The smallest absolute Gasteiger partial charge is 0.0803 e. The molecule has 1 N–H and O–H groups in total. The second-order valence-electron chi connectivity index (χ2n) is 4.94. The van der Waals surface area contributed by atoms with Gasteiger partial charge in [0.05, 0.1) is 5.60 Å². The predicted molar refractivity (Wildman–Crippen MR) is 75.7 cm³/mol. The molecule has 1 rings (SSSR count). The Morgan fingerprint density at radius 3 is 2.72 bits per heavy atom. The Morgan fingerprint density at radius 2 is 2.22 bits per heavy atom. The van der Waals surface area contributed by atoms with Gasteiger partial charge in [-0.3, -0.25) is 4.98 Å². The molecule has 0 saturated heterocycles. The third-order valence-corrected chi connectivity index (χ3v) is 3.71. The van der Waals surface area contributed by atoms with Crippen LogP contribution < -0.4 is 5.32 Å². The number of aromatic nitrogens is 1. The Morgan fingerprint density at radius 1 is 1.44 bits per heavy atom. The fraction of sp³-hybridized carbons (Fsp3) is 0.667. The zero-order valence-corrected chi connectivity index (χ0v) is 12.1. The van der Waals surface area contributed by atoms with Crippen LogP contribution in [0.1, 0.15) is 39.2 Å². The molecule has 2 unspecified atom stereocenters. The number of methoxy groups -OCH3 is 1. The Labute approximate surface area is 111 Å². The molecule has 3 heteroatoms. The first-order valence-electron chi connectivity index (χ1n) is 6.83. The highest BCUT2D eigenvalue weighted by Crippen LogP contribution is 2.22. The van der Waals surface area contributed by atoms with E-state index in [9.17, 15) is 0 Å². The van der Waals surface area contributed by atoms with Crippen molar-refractivity contribution in [1.82, 2.24) is 10.3 Å². The molecule has 0 radical (unpaired) electrons. The number of hydrogen-bond acceptors (Lipinski definition) is 3. The molecule has 0 saturated carbocycles. The van der Waals surface area contributed by atoms with Crippen molar-refractivity contribution in [2.75, 3.05) is 13.7 Å². The summed E-state index contributed by atoms with van der Waals surface area (Å²) < 4.78 is 5.74. The van der Waals surface area contributed by atoms with Crippen molar-refractivity contribution in [2.45, 2.75) is 51.7 Å². The molecule has 0 spiro atoms. The van der Waals surface area contributed by atoms with Crippen LogP contribution in [0.3, 0.4) is 0 Å². The van der Waals surface area contributed by atoms with Crippen LogP contribution in [0.5, 0.6) is 0 Å². The monoisotopic (exact) mass is 250 g/mol. The van der Waals surface area contributed by atoms with Gasteiger partial charge in [-0.2, -0.15) is 0 Å². The van der Waals surface area contributed by atoms with E-state index in [0.29, 0.717) is 6.04 Å². The normalized spacial score (nSPS) is 16.2. The highest BCUT2D eigenvalue weighted by Gasteiger charge is 2.32. The van der Waals surface area contributed by atoms with Gasteiger partial charge in [0.1, 0.15) is 0 Å². The number of ether oxygens (including phenoxy) is 1. The summed E-state index contributed by atoms with van der Waals surface area (Å²) in [4.78, 5) is 4.18. The van der Waals surface area contributed by atoms with Gasteiger partial charge in [-0.1, -0.05) is 19.9 Å². The molecular weight excluding hydrogens is 224 g/mol. The molecule has 3 nitrogen and oxygen atoms in total. The zero-order valence-electron chi connectivity index (χ0n) is 12.1. The molecular formula is C15H26N2O. The summed E-state index contributed by atoms with van der Waals surface area (Å²) in [5.41, 5.74) is 1.12. The number of nitrogens with zero attached hydrogens (tertiary/aromatic N) is 1. The van der Waals surface area contributed by atoms with Crippen molar-refractivity contribution in [1.29, 1.82) is 0 Å². The maximum absolute atomic E-state index is 5.74. The van der Waals surface area contributed by atoms with E-state index in [2.05, 4.69) is 37.1 Å². The standard InChI is InChI=1S/C15H26N2O/c1-5-9-17-14(15(3,6-2)18-4)11-13-8-7-10-16-12-13/h7-8,10,12,14,17H,5-6,9,11H2,1-4H3. The highest BCUT2D eigenvalue weighted by atomic mass is 16.5. The quantitative estimate of drug-likeness (QED) is 0.770. The van der Waals surface area contributed by atoms with Gasteiger partial charge in [-0.25, -0.2) is 0 Å². The van der Waals surface area contributed by atoms with Crippen molar-refractivity contribution in [2.24, 2.45) is 0 Å². The average Bonchev–Trinajstić information content (AvgIpc) is 2.43. The maximum atomic E-state index is 5.74. The molecule has 18 heavy (non-hydrogen) atoms. The van der Waals surface area contributed by atoms with Gasteiger partial charge in [0.25, 0.3) is 0 Å². The van der Waals surface area contributed by atoms with E-state index in [1.54, 1.807) is 7.11 Å². The molecule has 1 heterocycles. The minimum absolute atomic E-state index is 0.134. The van der Waals surface area contributed by atoms with Crippen LogP contribution in [0.2, 0.25) is 0 Å². The van der Waals surface area contributed by atoms with Gasteiger partial charge in [0.2, 0.25) is 0 Å². The minimum Gasteiger partial charge on any atom is -0.377 e. The summed E-state index contributed by atoms with van der Waals surface area (Å²) in [6, 6.07) is 4.43. The summed E-state index contributed by atoms with van der Waals surface area (Å²) in [5, 5.41) is 3.61. The summed E-state index contributed by atoms with van der Waals surface area (Å²) in [5.74, 6) is 0. The third kappa shape index (κ3) is 4.07. The Kier molecular flexibility index (Phi) is 6.30. The van der Waals surface area contributed by atoms with Gasteiger partial charge in [0, 0.05) is 25.5 Å². The molecule has 0 aliphatic heterocycles. The van der Waals surface area contributed by atoms with Crippen LogP contribution in [0.15, 0.2) is 24.5 Å². The molecule has 1 aromatic rings. The predicted octanol–water partition coefficient (Wildman–Crippen LogP) is 2.81. The van der Waals surface area contributed by atoms with E-state index in [1.165, 1.54) is 5.56 Å². The first-order valence-corrected chi connectivity index (χ1v) is 6.83. The van der Waals surface area contributed by atoms with E-state index in [1.807, 2.05) is 18.5 Å². The Balaban J connectivity index is 2.78. The summed E-state index contributed by atoms with van der Waals surface area (Å²) in [6.07, 6.45) is 6.82. The third-order valence-electron chi connectivity index (χ3n) is 3.71. The van der Waals surface area contributed by atoms with Crippen LogP contribution in [0, 0.1) is 0 Å². The van der Waals surface area contributed by atoms with Gasteiger partial charge >= 0.3 is 0 Å². The van der Waals surface area contributed by atoms with Crippen molar-refractivity contribution in [3.63, 3.8) is 0 Å². The second kappa shape index (κ2) is 7.49. The van der Waals surface area contributed by atoms with E-state index in [0.717, 1.165) is 25.8 Å². The van der Waals surface area contributed by atoms with E-state index in [4.69, 9.17) is 4.74 Å². The highest BCUT2D eigenvalue weighted by molar-refractivity contribution is 5.12. The lowest BCUT2D eigenvalue weighted by molar-refractivity contribution is -0.0287. The summed E-state index contributed by atoms with van der Waals surface area (Å²) in [6.45, 7) is 7.55. The van der Waals surface area contributed by atoms with Crippen LogP contribution in [0.25, 0.3) is 0 Å². The van der Waals surface area contributed by atoms with Crippen molar-refractivity contribution >= 4 is 0 Å². The zero-order chi connectivity index (χ0) is 13.4. The van der Waals surface area contributed by atoms with Crippen LogP contribution in [-0.2, 0) is 11.2 Å². The molecule has 102 valence electrons. The second-order valence-corrected chi connectivity index (χ2v) is 4.94. The molecule has 0 aliphatic rings. The number of rotatable bonds is 8. The van der Waals surface area contributed by atoms with Gasteiger partial charge < -0.3 is 10.1 Å². The largest absolute Gasteiger partial charge is 0.377 e. The molecule has 0 aliphatic carbocycles. The lowest BCUT2D eigenvalue weighted by Gasteiger charge is -2.36. The molecule has 0 bridgehead atoms. The lowest BCUT2D eigenvalue weighted by atomic mass is 9.88. The van der Waals surface area contributed by atoms with Crippen LogP contribution >= 0.6 is 0 Å². The number of hydrogen-bond donors (Lipinski definition) is 1. The first-order chi connectivity index (χ1) is 8.66. The Bertz CT molecular complexity index is 323.